The van der Waals surface area contributed by atoms with Crippen molar-refractivity contribution >= 4 is 23.0 Å². The van der Waals surface area contributed by atoms with Gasteiger partial charge in [0, 0.05) is 10.8 Å². The van der Waals surface area contributed by atoms with Gasteiger partial charge in [-0.05, 0) is 116 Å². The number of allylic oxidation sites excluding steroid dienone is 2. The van der Waals surface area contributed by atoms with E-state index in [1.807, 2.05) is 31.2 Å². The summed E-state index contributed by atoms with van der Waals surface area (Å²) in [6.45, 7) is 14.6. The molecule has 0 saturated heterocycles. The molecule has 1 nitrogen and oxygen atoms in total. The normalized spacial score (nSPS) is 37.1. The summed E-state index contributed by atoms with van der Waals surface area (Å²) in [6.07, 6.45) is 19.6. The minimum absolute atomic E-state index is 0.259. The van der Waals surface area contributed by atoms with Crippen LogP contribution >= 0.6 is 11.8 Å². The van der Waals surface area contributed by atoms with E-state index in [0.717, 1.165) is 53.1 Å². The van der Waals surface area contributed by atoms with Gasteiger partial charge >= 0.3 is 0 Å². The lowest BCUT2D eigenvalue weighted by Gasteiger charge is -2.58. The van der Waals surface area contributed by atoms with Crippen molar-refractivity contribution in [3.8, 4) is 0 Å². The molecule has 4 aliphatic carbocycles. The summed E-state index contributed by atoms with van der Waals surface area (Å²) in [6, 6.07) is 10.3. The Morgan fingerprint density at radius 3 is 2.51 bits per heavy atom. The molecule has 0 N–H and O–H groups in total. The highest BCUT2D eigenvalue weighted by Crippen LogP contribution is 2.67. The van der Waals surface area contributed by atoms with Crippen molar-refractivity contribution in [3.05, 3.63) is 53.1 Å². The first kappa shape index (κ1) is 29.2. The maximum Gasteiger partial charge on any atom is 0.215 e. The van der Waals surface area contributed by atoms with Crippen molar-refractivity contribution in [1.29, 1.82) is 0 Å². The van der Waals surface area contributed by atoms with E-state index in [1.54, 1.807) is 17.3 Å². The van der Waals surface area contributed by atoms with Gasteiger partial charge in [0.2, 0.25) is 5.12 Å². The van der Waals surface area contributed by atoms with E-state index in [2.05, 4.69) is 52.8 Å². The van der Waals surface area contributed by atoms with Gasteiger partial charge in [0.1, 0.15) is 0 Å². The monoisotopic (exact) mass is 546 g/mol. The fourth-order valence-corrected chi connectivity index (χ4v) is 10.9. The Kier molecular flexibility index (Phi) is 8.92. The average molecular weight is 547 g/mol. The lowest BCUT2D eigenvalue weighted by molar-refractivity contribution is -0.107. The molecular formula is C37H54OS. The van der Waals surface area contributed by atoms with Crippen LogP contribution in [0, 0.1) is 46.3 Å². The second kappa shape index (κ2) is 11.9. The smallest absolute Gasteiger partial charge is 0.215 e. The van der Waals surface area contributed by atoms with E-state index >= 15 is 0 Å². The van der Waals surface area contributed by atoms with Gasteiger partial charge in [0.15, 0.2) is 0 Å². The highest BCUT2D eigenvalue weighted by Gasteiger charge is 2.59. The van der Waals surface area contributed by atoms with Gasteiger partial charge < -0.3 is 0 Å². The van der Waals surface area contributed by atoms with Crippen molar-refractivity contribution in [1.82, 2.24) is 0 Å². The SMILES string of the molecule is C/C(=C\c1ccccc1)C(=O)S[C@H]1CC[C@@]2(C)C(=CCC3C4CCC(C(C)CCCC(C)C)[C@@]4(C)CCC32)C1. The number of hydrogen-bond donors (Lipinski definition) is 0. The fourth-order valence-electron chi connectivity index (χ4n) is 9.86. The molecule has 39 heavy (non-hydrogen) atoms. The second-order valence-electron chi connectivity index (χ2n) is 14.8. The molecule has 0 aliphatic heterocycles. The summed E-state index contributed by atoms with van der Waals surface area (Å²) in [5, 5.41) is 0.693. The van der Waals surface area contributed by atoms with E-state index in [1.165, 1.54) is 64.2 Å². The second-order valence-corrected chi connectivity index (χ2v) is 16.1. The quantitative estimate of drug-likeness (QED) is 0.238. The average Bonchev–Trinajstić information content (AvgIpc) is 3.26. The lowest BCUT2D eigenvalue weighted by atomic mass is 9.47. The highest BCUT2D eigenvalue weighted by atomic mass is 32.2. The first-order chi connectivity index (χ1) is 18.6. The van der Waals surface area contributed by atoms with Gasteiger partial charge in [0.05, 0.1) is 0 Å². The van der Waals surface area contributed by atoms with E-state index in [4.69, 9.17) is 0 Å². The third kappa shape index (κ3) is 5.89. The van der Waals surface area contributed by atoms with Crippen LogP contribution in [-0.2, 0) is 4.79 Å². The first-order valence-electron chi connectivity index (χ1n) is 16.3. The molecule has 3 fully saturated rings. The molecule has 3 saturated carbocycles. The summed E-state index contributed by atoms with van der Waals surface area (Å²) >= 11 is 1.61. The van der Waals surface area contributed by atoms with Crippen LogP contribution < -0.4 is 0 Å². The lowest BCUT2D eigenvalue weighted by Crippen LogP contribution is -2.50. The number of carbonyl (C=O) groups is 1. The van der Waals surface area contributed by atoms with Crippen LogP contribution in [0.5, 0.6) is 0 Å². The molecule has 0 bridgehead atoms. The summed E-state index contributed by atoms with van der Waals surface area (Å²) in [4.78, 5) is 13.1. The molecule has 5 unspecified atom stereocenters. The van der Waals surface area contributed by atoms with Gasteiger partial charge in [-0.15, -0.1) is 0 Å². The number of hydrogen-bond acceptors (Lipinski definition) is 2. The predicted octanol–water partition coefficient (Wildman–Crippen LogP) is 10.8. The molecule has 0 aromatic heterocycles. The van der Waals surface area contributed by atoms with E-state index in [9.17, 15) is 4.79 Å². The van der Waals surface area contributed by atoms with Gasteiger partial charge in [0.25, 0.3) is 0 Å². The Labute approximate surface area is 244 Å². The van der Waals surface area contributed by atoms with Crippen molar-refractivity contribution in [2.75, 3.05) is 0 Å². The van der Waals surface area contributed by atoms with E-state index in [-0.39, 0.29) is 5.12 Å². The van der Waals surface area contributed by atoms with Crippen LogP contribution in [0.15, 0.2) is 47.6 Å². The molecule has 0 spiro atoms. The molecule has 2 heteroatoms. The van der Waals surface area contributed by atoms with Crippen LogP contribution in [0.1, 0.15) is 118 Å². The van der Waals surface area contributed by atoms with Crippen molar-refractivity contribution in [2.24, 2.45) is 46.3 Å². The molecule has 0 heterocycles. The molecule has 5 rings (SSSR count). The number of fused-ring (bicyclic) bond motifs is 5. The van der Waals surface area contributed by atoms with Crippen molar-refractivity contribution < 1.29 is 4.79 Å². The largest absolute Gasteiger partial charge is 0.282 e. The summed E-state index contributed by atoms with van der Waals surface area (Å²) in [5.74, 6) is 5.30. The van der Waals surface area contributed by atoms with Crippen LogP contribution in [0.2, 0.25) is 0 Å². The molecule has 1 aromatic rings. The molecule has 214 valence electrons. The van der Waals surface area contributed by atoms with Crippen LogP contribution in [-0.4, -0.2) is 10.4 Å². The molecule has 4 aliphatic rings. The van der Waals surface area contributed by atoms with Crippen LogP contribution in [0.4, 0.5) is 0 Å². The first-order valence-corrected chi connectivity index (χ1v) is 17.1. The Morgan fingerprint density at radius 2 is 1.77 bits per heavy atom. The standard InChI is InChI=1S/C37H54OS/c1-25(2)11-10-12-26(3)32-17-18-33-31-16-15-29-24-30(19-21-36(29,5)34(31)20-22-37(32,33)6)39-35(38)27(4)23-28-13-8-7-9-14-28/h7-9,13-15,23,25-26,30-34H,10-12,16-22,24H2,1-6H3/b27-23+/t26?,30-,31?,32?,33?,34?,36-,37+/m0/s1. The zero-order valence-corrected chi connectivity index (χ0v) is 26.5. The van der Waals surface area contributed by atoms with Crippen LogP contribution in [0.3, 0.4) is 0 Å². The van der Waals surface area contributed by atoms with Gasteiger partial charge in [-0.3, -0.25) is 4.79 Å². The Balaban J connectivity index is 1.23. The highest BCUT2D eigenvalue weighted by molar-refractivity contribution is 8.14. The Bertz CT molecular complexity index is 1070. The number of thioether (sulfide) groups is 1. The van der Waals surface area contributed by atoms with E-state index in [0.29, 0.717) is 16.1 Å². The molecule has 1 aromatic carbocycles. The maximum absolute atomic E-state index is 13.1. The molecule has 0 radical (unpaired) electrons. The van der Waals surface area contributed by atoms with Gasteiger partial charge in [-0.1, -0.05) is 108 Å². The number of benzene rings is 1. The molecule has 0 amide bonds. The number of carbonyl (C=O) groups excluding carboxylic acids is 1. The summed E-state index contributed by atoms with van der Waals surface area (Å²) < 4.78 is 0. The van der Waals surface area contributed by atoms with Gasteiger partial charge in [-0.2, -0.15) is 0 Å². The van der Waals surface area contributed by atoms with Crippen molar-refractivity contribution in [2.45, 2.75) is 117 Å². The Morgan fingerprint density at radius 1 is 1.00 bits per heavy atom. The fraction of sp³-hybridized carbons (Fsp3) is 0.703. The zero-order valence-electron chi connectivity index (χ0n) is 25.7. The number of rotatable bonds is 8. The van der Waals surface area contributed by atoms with Crippen LogP contribution in [0.25, 0.3) is 6.08 Å². The minimum atomic E-state index is 0.259. The molecular weight excluding hydrogens is 492 g/mol. The zero-order chi connectivity index (χ0) is 27.8. The topological polar surface area (TPSA) is 17.1 Å². The third-order valence-electron chi connectivity index (χ3n) is 12.0. The third-order valence-corrected chi connectivity index (χ3v) is 13.3. The van der Waals surface area contributed by atoms with Crippen molar-refractivity contribution in [3.63, 3.8) is 0 Å². The Hall–Kier alpha value is -1.28. The predicted molar refractivity (Wildman–Crippen MR) is 170 cm³/mol. The minimum Gasteiger partial charge on any atom is -0.282 e. The summed E-state index contributed by atoms with van der Waals surface area (Å²) in [7, 11) is 0. The van der Waals surface area contributed by atoms with Gasteiger partial charge in [-0.25, -0.2) is 0 Å². The maximum atomic E-state index is 13.1. The summed E-state index contributed by atoms with van der Waals surface area (Å²) in [5.41, 5.74) is 4.61. The molecule has 8 atom stereocenters. The van der Waals surface area contributed by atoms with E-state index < -0.39 is 0 Å².